The lowest BCUT2D eigenvalue weighted by molar-refractivity contribution is -0.154. The van der Waals surface area contributed by atoms with Gasteiger partial charge in [-0.2, -0.15) is 0 Å². The summed E-state index contributed by atoms with van der Waals surface area (Å²) in [5.41, 5.74) is 2.28. The van der Waals surface area contributed by atoms with E-state index in [-0.39, 0.29) is 18.1 Å². The fraction of sp³-hybridized carbons (Fsp3) is 0.364. The molecule has 1 aliphatic heterocycles. The summed E-state index contributed by atoms with van der Waals surface area (Å²) in [6.45, 7) is 1.25. The predicted octanol–water partition coefficient (Wildman–Crippen LogP) is 2.22. The quantitative estimate of drug-likeness (QED) is 0.801. The maximum atomic E-state index is 12.6. The van der Waals surface area contributed by atoms with Crippen LogP contribution in [0, 0.1) is 0 Å². The zero-order valence-corrected chi connectivity index (χ0v) is 15.3. The van der Waals surface area contributed by atoms with Gasteiger partial charge in [0.15, 0.2) is 0 Å². The molecule has 2 N–H and O–H groups in total. The Morgan fingerprint density at radius 3 is 2.30 bits per heavy atom. The molecule has 0 radical (unpaired) electrons. The molecule has 0 unspecified atom stereocenters. The Bertz CT molecular complexity index is 794. The van der Waals surface area contributed by atoms with Crippen molar-refractivity contribution >= 4 is 11.8 Å². The highest BCUT2D eigenvalue weighted by molar-refractivity contribution is 6.35. The molecule has 27 heavy (non-hydrogen) atoms. The number of fused-ring (bicyclic) bond motifs is 1. The van der Waals surface area contributed by atoms with Crippen molar-refractivity contribution in [2.45, 2.75) is 50.5 Å². The second-order valence-electron chi connectivity index (χ2n) is 7.39. The molecule has 2 aromatic carbocycles. The van der Waals surface area contributed by atoms with Gasteiger partial charge in [0.05, 0.1) is 12.1 Å². The first-order valence-corrected chi connectivity index (χ1v) is 9.65. The summed E-state index contributed by atoms with van der Waals surface area (Å²) in [5.74, 6) is -0.899. The van der Waals surface area contributed by atoms with Crippen LogP contribution in [0.1, 0.15) is 30.4 Å². The first kappa shape index (κ1) is 17.7. The highest BCUT2D eigenvalue weighted by Crippen LogP contribution is 2.28. The minimum Gasteiger partial charge on any atom is -0.341 e. The van der Waals surface area contributed by atoms with Crippen molar-refractivity contribution in [2.24, 2.45) is 0 Å². The number of benzene rings is 2. The molecule has 1 saturated carbocycles. The molecule has 4 rings (SSSR count). The van der Waals surface area contributed by atoms with E-state index in [1.807, 2.05) is 48.5 Å². The summed E-state index contributed by atoms with van der Waals surface area (Å²) in [5, 5.41) is 6.58. The van der Waals surface area contributed by atoms with E-state index in [1.54, 1.807) is 4.90 Å². The summed E-state index contributed by atoms with van der Waals surface area (Å²) in [6, 6.07) is 20.3. The summed E-state index contributed by atoms with van der Waals surface area (Å²) < 4.78 is 0. The van der Waals surface area contributed by atoms with Gasteiger partial charge in [0.2, 0.25) is 0 Å². The maximum Gasteiger partial charge on any atom is 0.312 e. The molecule has 2 fully saturated rings. The Hall–Kier alpha value is -2.66. The first-order chi connectivity index (χ1) is 13.2. The molecule has 2 aromatic rings. The highest BCUT2D eigenvalue weighted by Gasteiger charge is 2.45. The van der Waals surface area contributed by atoms with Crippen molar-refractivity contribution < 1.29 is 9.59 Å². The van der Waals surface area contributed by atoms with Crippen molar-refractivity contribution in [3.05, 3.63) is 71.8 Å². The van der Waals surface area contributed by atoms with Crippen LogP contribution in [0.15, 0.2) is 60.7 Å². The second-order valence-corrected chi connectivity index (χ2v) is 7.39. The van der Waals surface area contributed by atoms with Gasteiger partial charge in [0.1, 0.15) is 0 Å². The lowest BCUT2D eigenvalue weighted by atomic mass is 9.83. The number of hydrogen-bond donors (Lipinski definition) is 2. The summed E-state index contributed by atoms with van der Waals surface area (Å²) in [4.78, 5) is 26.7. The fourth-order valence-electron chi connectivity index (χ4n) is 4.26. The fourth-order valence-corrected chi connectivity index (χ4v) is 4.26. The molecule has 0 aromatic heterocycles. The van der Waals surface area contributed by atoms with Gasteiger partial charge in [-0.05, 0) is 30.4 Å². The number of carbonyl (C=O) groups is 2. The van der Waals surface area contributed by atoms with Crippen molar-refractivity contribution in [3.63, 3.8) is 0 Å². The van der Waals surface area contributed by atoms with Crippen LogP contribution in [0.4, 0.5) is 0 Å². The average molecular weight is 363 g/mol. The molecule has 2 aliphatic rings. The molecule has 5 nitrogen and oxygen atoms in total. The Morgan fingerprint density at radius 2 is 1.59 bits per heavy atom. The van der Waals surface area contributed by atoms with Crippen molar-refractivity contribution in [3.8, 4) is 0 Å². The number of nitrogens with one attached hydrogen (secondary N) is 2. The first-order valence-electron chi connectivity index (χ1n) is 9.65. The average Bonchev–Trinajstić information content (AvgIpc) is 2.71. The van der Waals surface area contributed by atoms with E-state index in [0.29, 0.717) is 6.54 Å². The maximum absolute atomic E-state index is 12.6. The number of amides is 2. The van der Waals surface area contributed by atoms with E-state index in [2.05, 4.69) is 22.8 Å². The molecule has 1 aliphatic carbocycles. The normalized spacial score (nSPS) is 25.0. The highest BCUT2D eigenvalue weighted by atomic mass is 16.2. The molecule has 0 bridgehead atoms. The number of piperazine rings is 1. The van der Waals surface area contributed by atoms with Gasteiger partial charge in [-0.25, -0.2) is 0 Å². The second kappa shape index (κ2) is 7.92. The van der Waals surface area contributed by atoms with Gasteiger partial charge < -0.3 is 15.5 Å². The smallest absolute Gasteiger partial charge is 0.312 e. The van der Waals surface area contributed by atoms with Crippen molar-refractivity contribution in [2.75, 3.05) is 0 Å². The van der Waals surface area contributed by atoms with Crippen LogP contribution in [0.2, 0.25) is 0 Å². The third-order valence-electron chi connectivity index (χ3n) is 5.62. The zero-order chi connectivity index (χ0) is 18.6. The monoisotopic (exact) mass is 363 g/mol. The van der Waals surface area contributed by atoms with Crippen LogP contribution in [0.25, 0.3) is 0 Å². The third-order valence-corrected chi connectivity index (χ3v) is 5.62. The van der Waals surface area contributed by atoms with Crippen molar-refractivity contribution in [1.29, 1.82) is 0 Å². The van der Waals surface area contributed by atoms with Gasteiger partial charge >= 0.3 is 11.8 Å². The van der Waals surface area contributed by atoms with Crippen LogP contribution in [-0.4, -0.2) is 34.8 Å². The molecular formula is C22H25N3O2. The molecule has 1 saturated heterocycles. The molecule has 2 amide bonds. The topological polar surface area (TPSA) is 61.4 Å². The standard InChI is InChI=1S/C22H25N3O2/c26-21-22(27)25(15-17-10-5-2-6-11-17)19-13-7-12-18(20(19)24-21)23-14-16-8-3-1-4-9-16/h1-6,8-11,18-20,23H,7,12-15H2,(H,24,26)/t18-,19+,20+/m0/s1. The molecule has 3 atom stereocenters. The van der Waals surface area contributed by atoms with Crippen molar-refractivity contribution in [1.82, 2.24) is 15.5 Å². The summed E-state index contributed by atoms with van der Waals surface area (Å²) in [7, 11) is 0. The van der Waals surface area contributed by atoms with Gasteiger partial charge in [0, 0.05) is 19.1 Å². The summed E-state index contributed by atoms with van der Waals surface area (Å²) >= 11 is 0. The van der Waals surface area contributed by atoms with Crippen LogP contribution in [0.5, 0.6) is 0 Å². The summed E-state index contributed by atoms with van der Waals surface area (Å²) in [6.07, 6.45) is 2.97. The molecule has 0 spiro atoms. The Balaban J connectivity index is 1.50. The van der Waals surface area contributed by atoms with E-state index in [1.165, 1.54) is 5.56 Å². The lowest BCUT2D eigenvalue weighted by Crippen LogP contribution is -2.69. The van der Waals surface area contributed by atoms with Crippen LogP contribution in [-0.2, 0) is 22.7 Å². The third kappa shape index (κ3) is 3.88. The number of rotatable bonds is 5. The lowest BCUT2D eigenvalue weighted by Gasteiger charge is -2.47. The number of hydrogen-bond acceptors (Lipinski definition) is 3. The van der Waals surface area contributed by atoms with Crippen LogP contribution in [0.3, 0.4) is 0 Å². The van der Waals surface area contributed by atoms with Crippen LogP contribution >= 0.6 is 0 Å². The SMILES string of the molecule is O=C1N[C@@H]2[C@@H](NCc3ccccc3)CCC[C@H]2N(Cc2ccccc2)C1=O. The number of carbonyl (C=O) groups excluding carboxylic acids is 2. The van der Waals surface area contributed by atoms with Gasteiger partial charge in [-0.15, -0.1) is 0 Å². The van der Waals surface area contributed by atoms with E-state index in [4.69, 9.17) is 0 Å². The minimum atomic E-state index is -0.486. The van der Waals surface area contributed by atoms with Gasteiger partial charge in [0.25, 0.3) is 0 Å². The Morgan fingerprint density at radius 1 is 0.926 bits per heavy atom. The predicted molar refractivity (Wildman–Crippen MR) is 104 cm³/mol. The van der Waals surface area contributed by atoms with E-state index in [0.717, 1.165) is 31.4 Å². The minimum absolute atomic E-state index is 0.0393. The zero-order valence-electron chi connectivity index (χ0n) is 15.3. The van der Waals surface area contributed by atoms with Gasteiger partial charge in [-0.3, -0.25) is 9.59 Å². The Labute approximate surface area is 159 Å². The molecular weight excluding hydrogens is 338 g/mol. The number of nitrogens with zero attached hydrogens (tertiary/aromatic N) is 1. The van der Waals surface area contributed by atoms with E-state index in [9.17, 15) is 9.59 Å². The molecule has 140 valence electrons. The van der Waals surface area contributed by atoms with Gasteiger partial charge in [-0.1, -0.05) is 60.7 Å². The largest absolute Gasteiger partial charge is 0.341 e. The molecule has 5 heteroatoms. The van der Waals surface area contributed by atoms with E-state index < -0.39 is 11.8 Å². The van der Waals surface area contributed by atoms with E-state index >= 15 is 0 Å². The Kier molecular flexibility index (Phi) is 5.21. The molecule has 1 heterocycles. The van der Waals surface area contributed by atoms with Crippen LogP contribution < -0.4 is 10.6 Å².